The zero-order valence-corrected chi connectivity index (χ0v) is 11.5. The molecule has 0 radical (unpaired) electrons. The largest absolute Gasteiger partial charge is 0.416 e. The molecular weight excluding hydrogens is 290 g/mol. The molecular formula is C13H9N5O2S. The summed E-state index contributed by atoms with van der Waals surface area (Å²) in [7, 11) is 0. The van der Waals surface area contributed by atoms with Crippen molar-refractivity contribution in [1.29, 1.82) is 0 Å². The minimum Gasteiger partial charge on any atom is -0.416 e. The van der Waals surface area contributed by atoms with Crippen LogP contribution < -0.4 is 4.84 Å². The van der Waals surface area contributed by atoms with Gasteiger partial charge in [0.25, 0.3) is 11.8 Å². The Kier molecular flexibility index (Phi) is 2.86. The van der Waals surface area contributed by atoms with Crippen molar-refractivity contribution >= 4 is 22.4 Å². The molecule has 7 nitrogen and oxygen atoms in total. The third-order valence-corrected chi connectivity index (χ3v) is 3.69. The number of fused-ring (bicyclic) bond motifs is 1. The van der Waals surface area contributed by atoms with Crippen molar-refractivity contribution in [3.63, 3.8) is 0 Å². The molecule has 0 unspecified atom stereocenters. The second kappa shape index (κ2) is 4.98. The van der Waals surface area contributed by atoms with Crippen molar-refractivity contribution in [2.24, 2.45) is 0 Å². The number of thiophene rings is 1. The van der Waals surface area contributed by atoms with Crippen LogP contribution in [0.4, 0.5) is 0 Å². The molecule has 4 aromatic rings. The van der Waals surface area contributed by atoms with E-state index in [1.54, 1.807) is 11.3 Å². The number of rotatable bonds is 4. The van der Waals surface area contributed by atoms with Crippen LogP contribution >= 0.6 is 11.3 Å². The molecule has 0 aliphatic rings. The van der Waals surface area contributed by atoms with E-state index in [9.17, 15) is 0 Å². The van der Waals surface area contributed by atoms with Crippen LogP contribution in [-0.4, -0.2) is 25.4 Å². The van der Waals surface area contributed by atoms with Gasteiger partial charge < -0.3 is 9.25 Å². The van der Waals surface area contributed by atoms with Gasteiger partial charge in [-0.15, -0.1) is 26.6 Å². The maximum atomic E-state index is 5.54. The van der Waals surface area contributed by atoms with Crippen LogP contribution in [0.15, 0.2) is 46.2 Å². The lowest BCUT2D eigenvalue weighted by Gasteiger charge is -2.01. The Labute approximate surface area is 122 Å². The standard InChI is InChI=1S/C13H9N5O2S/c1-2-5-10-9(4-1)14-17-18(10)19-8-12-15-16-13(20-12)11-6-3-7-21-11/h1-7H,8H2. The van der Waals surface area contributed by atoms with E-state index in [2.05, 4.69) is 20.5 Å². The van der Waals surface area contributed by atoms with Gasteiger partial charge in [0, 0.05) is 0 Å². The van der Waals surface area contributed by atoms with Crippen molar-refractivity contribution in [1.82, 2.24) is 25.4 Å². The first-order valence-electron chi connectivity index (χ1n) is 6.20. The van der Waals surface area contributed by atoms with Gasteiger partial charge in [0.05, 0.1) is 4.88 Å². The molecule has 3 heterocycles. The Balaban J connectivity index is 1.52. The summed E-state index contributed by atoms with van der Waals surface area (Å²) in [5.74, 6) is 0.880. The summed E-state index contributed by atoms with van der Waals surface area (Å²) >= 11 is 1.54. The topological polar surface area (TPSA) is 78.9 Å². The summed E-state index contributed by atoms with van der Waals surface area (Å²) in [6.45, 7) is 0.131. The van der Waals surface area contributed by atoms with E-state index in [-0.39, 0.29) is 6.61 Å². The summed E-state index contributed by atoms with van der Waals surface area (Å²) in [5.41, 5.74) is 1.55. The predicted octanol–water partition coefficient (Wildman–Crippen LogP) is 2.17. The quantitative estimate of drug-likeness (QED) is 0.574. The molecule has 0 N–H and O–H groups in total. The molecule has 21 heavy (non-hydrogen) atoms. The minimum atomic E-state index is 0.131. The fourth-order valence-corrected chi connectivity index (χ4v) is 2.52. The lowest BCUT2D eigenvalue weighted by Crippen LogP contribution is -2.12. The lowest BCUT2D eigenvalue weighted by molar-refractivity contribution is 0.0618. The van der Waals surface area contributed by atoms with Crippen molar-refractivity contribution in [3.05, 3.63) is 47.7 Å². The monoisotopic (exact) mass is 299 g/mol. The summed E-state index contributed by atoms with van der Waals surface area (Å²) in [6, 6.07) is 11.4. The van der Waals surface area contributed by atoms with Crippen LogP contribution in [0.1, 0.15) is 5.89 Å². The summed E-state index contributed by atoms with van der Waals surface area (Å²) in [6.07, 6.45) is 0. The highest BCUT2D eigenvalue weighted by Crippen LogP contribution is 2.22. The van der Waals surface area contributed by atoms with E-state index in [0.29, 0.717) is 11.8 Å². The SMILES string of the molecule is c1csc(-c2nnc(COn3nnc4ccccc43)o2)c1. The zero-order valence-electron chi connectivity index (χ0n) is 10.7. The molecule has 4 rings (SSSR count). The van der Waals surface area contributed by atoms with Crippen LogP contribution in [-0.2, 0) is 6.61 Å². The maximum absolute atomic E-state index is 5.54. The number of hydrogen-bond acceptors (Lipinski definition) is 7. The van der Waals surface area contributed by atoms with Gasteiger partial charge in [0.15, 0.2) is 6.61 Å². The minimum absolute atomic E-state index is 0.131. The number of hydrogen-bond donors (Lipinski definition) is 0. The molecule has 1 aromatic carbocycles. The van der Waals surface area contributed by atoms with Crippen molar-refractivity contribution < 1.29 is 9.25 Å². The van der Waals surface area contributed by atoms with Crippen LogP contribution in [0, 0.1) is 0 Å². The molecule has 0 saturated carbocycles. The average molecular weight is 299 g/mol. The first-order valence-corrected chi connectivity index (χ1v) is 7.08. The molecule has 0 saturated heterocycles. The van der Waals surface area contributed by atoms with Crippen LogP contribution in [0.3, 0.4) is 0 Å². The van der Waals surface area contributed by atoms with Crippen LogP contribution in [0.2, 0.25) is 0 Å². The summed E-state index contributed by atoms with van der Waals surface area (Å²) in [5, 5.41) is 17.8. The molecule has 104 valence electrons. The predicted molar refractivity (Wildman–Crippen MR) is 75.4 cm³/mol. The maximum Gasteiger partial charge on any atom is 0.257 e. The van der Waals surface area contributed by atoms with Crippen LogP contribution in [0.25, 0.3) is 21.8 Å². The van der Waals surface area contributed by atoms with Crippen molar-refractivity contribution in [2.45, 2.75) is 6.61 Å². The molecule has 0 aliphatic heterocycles. The van der Waals surface area contributed by atoms with Gasteiger partial charge >= 0.3 is 0 Å². The van der Waals surface area contributed by atoms with Gasteiger partial charge in [-0.3, -0.25) is 0 Å². The van der Waals surface area contributed by atoms with E-state index >= 15 is 0 Å². The fraction of sp³-hybridized carbons (Fsp3) is 0.0769. The first kappa shape index (κ1) is 12.0. The highest BCUT2D eigenvalue weighted by molar-refractivity contribution is 7.13. The Morgan fingerprint density at radius 1 is 1.10 bits per heavy atom. The second-order valence-corrected chi connectivity index (χ2v) is 5.15. The number of aromatic nitrogens is 5. The third-order valence-electron chi connectivity index (χ3n) is 2.83. The van der Waals surface area contributed by atoms with Crippen molar-refractivity contribution in [2.75, 3.05) is 0 Å². The Bertz CT molecular complexity index is 868. The Morgan fingerprint density at radius 2 is 2.05 bits per heavy atom. The van der Waals surface area contributed by atoms with E-state index in [1.807, 2.05) is 41.8 Å². The second-order valence-electron chi connectivity index (χ2n) is 4.20. The molecule has 0 bridgehead atoms. The molecule has 0 amide bonds. The Hall–Kier alpha value is -2.74. The highest BCUT2D eigenvalue weighted by atomic mass is 32.1. The number of benzene rings is 1. The third kappa shape index (κ3) is 2.25. The van der Waals surface area contributed by atoms with Gasteiger partial charge in [-0.25, -0.2) is 0 Å². The first-order chi connectivity index (χ1) is 10.4. The van der Waals surface area contributed by atoms with Gasteiger partial charge in [0.1, 0.15) is 11.0 Å². The van der Waals surface area contributed by atoms with E-state index in [1.165, 1.54) is 4.85 Å². The normalized spacial score (nSPS) is 11.0. The van der Waals surface area contributed by atoms with Gasteiger partial charge in [-0.1, -0.05) is 23.0 Å². The van der Waals surface area contributed by atoms with Gasteiger partial charge in [-0.2, -0.15) is 0 Å². The van der Waals surface area contributed by atoms with Gasteiger partial charge in [-0.05, 0) is 28.8 Å². The van der Waals surface area contributed by atoms with E-state index in [0.717, 1.165) is 15.9 Å². The van der Waals surface area contributed by atoms with Crippen molar-refractivity contribution in [3.8, 4) is 10.8 Å². The van der Waals surface area contributed by atoms with E-state index < -0.39 is 0 Å². The molecule has 8 heteroatoms. The molecule has 0 aliphatic carbocycles. The molecule has 0 spiro atoms. The molecule has 0 fully saturated rings. The fourth-order valence-electron chi connectivity index (χ4n) is 1.87. The smallest absolute Gasteiger partial charge is 0.257 e. The highest BCUT2D eigenvalue weighted by Gasteiger charge is 2.11. The molecule has 3 aromatic heterocycles. The lowest BCUT2D eigenvalue weighted by atomic mass is 10.3. The van der Waals surface area contributed by atoms with Crippen LogP contribution in [0.5, 0.6) is 0 Å². The Morgan fingerprint density at radius 3 is 2.95 bits per heavy atom. The molecule has 0 atom stereocenters. The summed E-state index contributed by atoms with van der Waals surface area (Å²) < 4.78 is 5.54. The average Bonchev–Trinajstić information content (AvgIpc) is 3.25. The number of para-hydroxylation sites is 1. The zero-order chi connectivity index (χ0) is 14.1. The summed E-state index contributed by atoms with van der Waals surface area (Å²) in [4.78, 5) is 7.81. The number of nitrogens with zero attached hydrogens (tertiary/aromatic N) is 5. The van der Waals surface area contributed by atoms with Gasteiger partial charge in [0.2, 0.25) is 0 Å². The van der Waals surface area contributed by atoms with E-state index in [4.69, 9.17) is 9.25 Å².